The molecule has 0 fully saturated rings. The molecule has 0 aromatic heterocycles. The minimum absolute atomic E-state index is 0.115. The van der Waals surface area contributed by atoms with Crippen LogP contribution in [0.25, 0.3) is 0 Å². The first kappa shape index (κ1) is 14.6. The minimum Gasteiger partial charge on any atom is -0.348 e. The van der Waals surface area contributed by atoms with Crippen molar-refractivity contribution in [3.05, 3.63) is 34.9 Å². The molecule has 2 nitrogen and oxygen atoms in total. The summed E-state index contributed by atoms with van der Waals surface area (Å²) in [6.07, 6.45) is 0.268. The Hall–Kier alpha value is -0.440. The first-order valence-corrected chi connectivity index (χ1v) is 6.61. The number of nitrogens with one attached hydrogen (secondary N) is 1. The van der Waals surface area contributed by atoms with E-state index in [-0.39, 0.29) is 24.1 Å². The van der Waals surface area contributed by atoms with Crippen molar-refractivity contribution in [2.24, 2.45) is 0 Å². The van der Waals surface area contributed by atoms with E-state index in [1.165, 1.54) is 0 Å². The molecule has 0 radical (unpaired) electrons. The molecular weight excluding hydrogens is 280 g/mol. The predicted octanol–water partition coefficient (Wildman–Crippen LogP) is 3.24. The van der Waals surface area contributed by atoms with E-state index in [9.17, 15) is 4.79 Å². The summed E-state index contributed by atoms with van der Waals surface area (Å²) < 4.78 is 0. The van der Waals surface area contributed by atoms with Crippen LogP contribution in [-0.4, -0.2) is 23.2 Å². The first-order valence-electron chi connectivity index (χ1n) is 5.16. The van der Waals surface area contributed by atoms with Gasteiger partial charge in [0.1, 0.15) is 0 Å². The van der Waals surface area contributed by atoms with Crippen molar-refractivity contribution in [3.63, 3.8) is 0 Å². The molecule has 1 N–H and O–H groups in total. The Balaban J connectivity index is 2.61. The van der Waals surface area contributed by atoms with Crippen LogP contribution in [0.3, 0.4) is 0 Å². The topological polar surface area (TPSA) is 29.1 Å². The number of halogens is 3. The Kier molecular flexibility index (Phi) is 5.57. The van der Waals surface area contributed by atoms with Crippen LogP contribution in [-0.2, 0) is 11.2 Å². The smallest absolute Gasteiger partial charge is 0.224 e. The van der Waals surface area contributed by atoms with Gasteiger partial charge in [0.15, 0.2) is 0 Å². The van der Waals surface area contributed by atoms with Crippen LogP contribution in [0.4, 0.5) is 0 Å². The highest BCUT2D eigenvalue weighted by atomic mass is 35.5. The van der Waals surface area contributed by atoms with E-state index in [0.29, 0.717) is 5.02 Å². The van der Waals surface area contributed by atoms with Crippen molar-refractivity contribution >= 4 is 40.7 Å². The van der Waals surface area contributed by atoms with E-state index in [4.69, 9.17) is 34.8 Å². The van der Waals surface area contributed by atoms with Crippen LogP contribution in [0.2, 0.25) is 5.02 Å². The zero-order valence-electron chi connectivity index (χ0n) is 9.47. The van der Waals surface area contributed by atoms with E-state index < -0.39 is 5.54 Å². The molecule has 0 spiro atoms. The maximum atomic E-state index is 11.8. The van der Waals surface area contributed by atoms with Crippen molar-refractivity contribution in [2.45, 2.75) is 18.9 Å². The van der Waals surface area contributed by atoms with Crippen LogP contribution >= 0.6 is 34.8 Å². The Bertz CT molecular complexity index is 391. The molecule has 1 aromatic carbocycles. The van der Waals surface area contributed by atoms with Crippen molar-refractivity contribution < 1.29 is 4.79 Å². The van der Waals surface area contributed by atoms with Crippen LogP contribution in [0, 0.1) is 0 Å². The first-order chi connectivity index (χ1) is 7.99. The Morgan fingerprint density at radius 3 is 2.53 bits per heavy atom. The van der Waals surface area contributed by atoms with Gasteiger partial charge >= 0.3 is 0 Å². The lowest BCUT2D eigenvalue weighted by atomic mass is 10.1. The molecule has 5 heteroatoms. The quantitative estimate of drug-likeness (QED) is 0.830. The van der Waals surface area contributed by atoms with E-state index in [0.717, 1.165) is 5.56 Å². The second-order valence-corrected chi connectivity index (χ2v) is 5.15. The number of rotatable bonds is 5. The summed E-state index contributed by atoms with van der Waals surface area (Å²) >= 11 is 17.4. The van der Waals surface area contributed by atoms with Crippen molar-refractivity contribution in [2.75, 3.05) is 11.8 Å². The lowest BCUT2D eigenvalue weighted by Crippen LogP contribution is -2.49. The highest BCUT2D eigenvalue weighted by Crippen LogP contribution is 2.13. The number of amides is 1. The maximum absolute atomic E-state index is 11.8. The number of carbonyl (C=O) groups is 1. The Morgan fingerprint density at radius 1 is 1.35 bits per heavy atom. The van der Waals surface area contributed by atoms with Crippen molar-refractivity contribution in [1.82, 2.24) is 5.32 Å². The molecule has 0 saturated carbocycles. The summed E-state index contributed by atoms with van der Waals surface area (Å²) in [7, 11) is 0. The summed E-state index contributed by atoms with van der Waals surface area (Å²) in [4.78, 5) is 11.8. The average molecular weight is 295 g/mol. The fourth-order valence-electron chi connectivity index (χ4n) is 1.32. The van der Waals surface area contributed by atoms with Gasteiger partial charge in [-0.3, -0.25) is 4.79 Å². The molecule has 17 heavy (non-hydrogen) atoms. The van der Waals surface area contributed by atoms with E-state index in [1.807, 2.05) is 19.1 Å². The minimum atomic E-state index is -0.571. The van der Waals surface area contributed by atoms with E-state index >= 15 is 0 Å². The Labute approximate surface area is 116 Å². The SMILES string of the molecule is CC(CCl)(CCl)NC(=O)Cc1cccc(Cl)c1. The fraction of sp³-hybridized carbons (Fsp3) is 0.417. The molecule has 0 aliphatic carbocycles. The fourth-order valence-corrected chi connectivity index (χ4v) is 1.95. The number of carbonyl (C=O) groups excluding carboxylic acids is 1. The zero-order valence-corrected chi connectivity index (χ0v) is 11.7. The van der Waals surface area contributed by atoms with Crippen LogP contribution in [0.15, 0.2) is 24.3 Å². The molecule has 94 valence electrons. The molecule has 1 rings (SSSR count). The summed E-state index contributed by atoms with van der Waals surface area (Å²) in [5.74, 6) is 0.436. The molecule has 0 saturated heterocycles. The average Bonchev–Trinajstić information content (AvgIpc) is 2.28. The molecule has 1 aromatic rings. The van der Waals surface area contributed by atoms with Gasteiger partial charge in [-0.25, -0.2) is 0 Å². The Morgan fingerprint density at radius 2 is 2.00 bits per heavy atom. The molecule has 0 aliphatic rings. The predicted molar refractivity (Wildman–Crippen MR) is 73.1 cm³/mol. The normalized spacial score (nSPS) is 11.3. The van der Waals surface area contributed by atoms with Crippen LogP contribution in [0.1, 0.15) is 12.5 Å². The van der Waals surface area contributed by atoms with Gasteiger partial charge in [0.2, 0.25) is 5.91 Å². The van der Waals surface area contributed by atoms with E-state index in [1.54, 1.807) is 12.1 Å². The van der Waals surface area contributed by atoms with Gasteiger partial charge in [-0.05, 0) is 24.6 Å². The third-order valence-corrected chi connectivity index (χ3v) is 3.70. The summed E-state index contributed by atoms with van der Waals surface area (Å²) in [5, 5.41) is 3.43. The van der Waals surface area contributed by atoms with Gasteiger partial charge in [0, 0.05) is 16.8 Å². The molecule has 0 unspecified atom stereocenters. The summed E-state index contributed by atoms with van der Waals surface area (Å²) in [6.45, 7) is 1.81. The zero-order chi connectivity index (χ0) is 12.9. The molecule has 0 aliphatic heterocycles. The van der Waals surface area contributed by atoms with Gasteiger partial charge in [-0.2, -0.15) is 0 Å². The lowest BCUT2D eigenvalue weighted by molar-refractivity contribution is -0.121. The third-order valence-electron chi connectivity index (χ3n) is 2.28. The number of hydrogen-bond acceptors (Lipinski definition) is 1. The largest absolute Gasteiger partial charge is 0.348 e. The molecule has 0 atom stereocenters. The number of alkyl halides is 2. The monoisotopic (exact) mass is 293 g/mol. The number of benzene rings is 1. The molecular formula is C12H14Cl3NO. The molecule has 1 amide bonds. The van der Waals surface area contributed by atoms with Gasteiger partial charge in [-0.15, -0.1) is 23.2 Å². The summed E-state index contributed by atoms with van der Waals surface area (Å²) in [5.41, 5.74) is 0.292. The van der Waals surface area contributed by atoms with Gasteiger partial charge in [0.25, 0.3) is 0 Å². The van der Waals surface area contributed by atoms with Crippen LogP contribution in [0.5, 0.6) is 0 Å². The van der Waals surface area contributed by atoms with Gasteiger partial charge in [-0.1, -0.05) is 23.7 Å². The molecule has 0 bridgehead atoms. The van der Waals surface area contributed by atoms with Crippen LogP contribution < -0.4 is 5.32 Å². The number of hydrogen-bond donors (Lipinski definition) is 1. The highest BCUT2D eigenvalue weighted by molar-refractivity contribution is 6.30. The standard InChI is InChI=1S/C12H14Cl3NO/c1-12(7-13,8-14)16-11(17)6-9-3-2-4-10(15)5-9/h2-5H,6-8H2,1H3,(H,16,17). The highest BCUT2D eigenvalue weighted by Gasteiger charge is 2.24. The maximum Gasteiger partial charge on any atom is 0.224 e. The third kappa shape index (κ3) is 4.74. The summed E-state index contributed by atoms with van der Waals surface area (Å²) in [6, 6.07) is 7.20. The van der Waals surface area contributed by atoms with E-state index in [2.05, 4.69) is 5.32 Å². The van der Waals surface area contributed by atoms with Gasteiger partial charge in [0.05, 0.1) is 12.0 Å². The second kappa shape index (κ2) is 6.48. The van der Waals surface area contributed by atoms with Crippen molar-refractivity contribution in [3.8, 4) is 0 Å². The lowest BCUT2D eigenvalue weighted by Gasteiger charge is -2.25. The second-order valence-electron chi connectivity index (χ2n) is 4.18. The van der Waals surface area contributed by atoms with Crippen molar-refractivity contribution in [1.29, 1.82) is 0 Å². The van der Waals surface area contributed by atoms with Gasteiger partial charge < -0.3 is 5.32 Å². The molecule has 0 heterocycles.